The average molecular weight is 529 g/mol. The number of aromatic nitrogens is 2. The smallest absolute Gasteiger partial charge is 0.243 e. The molecule has 11 heteroatoms. The molecule has 1 fully saturated rings. The third-order valence-electron chi connectivity index (χ3n) is 6.22. The zero-order valence-corrected chi connectivity index (χ0v) is 21.8. The van der Waals surface area contributed by atoms with Crippen molar-refractivity contribution in [3.05, 3.63) is 71.6 Å². The summed E-state index contributed by atoms with van der Waals surface area (Å²) in [4.78, 5) is 25.7. The minimum Gasteiger partial charge on any atom is -0.368 e. The molecule has 1 saturated heterocycles. The van der Waals surface area contributed by atoms with E-state index in [1.54, 1.807) is 37.6 Å². The molecule has 3 aromatic rings. The van der Waals surface area contributed by atoms with Crippen LogP contribution in [0.15, 0.2) is 66.0 Å². The van der Waals surface area contributed by atoms with Gasteiger partial charge in [-0.15, -0.1) is 0 Å². The second-order valence-corrected chi connectivity index (χ2v) is 11.0. The lowest BCUT2D eigenvalue weighted by molar-refractivity contribution is -0.116. The molecule has 0 unspecified atom stereocenters. The van der Waals surface area contributed by atoms with Crippen molar-refractivity contribution in [1.29, 1.82) is 0 Å². The van der Waals surface area contributed by atoms with Crippen LogP contribution >= 0.6 is 11.6 Å². The van der Waals surface area contributed by atoms with E-state index in [-0.39, 0.29) is 23.8 Å². The van der Waals surface area contributed by atoms with Gasteiger partial charge < -0.3 is 15.1 Å². The normalized spacial score (nSPS) is 14.2. The summed E-state index contributed by atoms with van der Waals surface area (Å²) in [7, 11) is -2.30. The van der Waals surface area contributed by atoms with Gasteiger partial charge in [0, 0.05) is 69.3 Å². The highest BCUT2D eigenvalue weighted by Crippen LogP contribution is 2.25. The maximum Gasteiger partial charge on any atom is 0.243 e. The number of nitrogens with one attached hydrogen (secondary N) is 1. The molecule has 0 bridgehead atoms. The molecule has 9 nitrogen and oxygen atoms in total. The Kier molecular flexibility index (Phi) is 8.07. The van der Waals surface area contributed by atoms with Crippen molar-refractivity contribution in [2.24, 2.45) is 0 Å². The van der Waals surface area contributed by atoms with Gasteiger partial charge in [0.1, 0.15) is 5.82 Å². The van der Waals surface area contributed by atoms with E-state index in [1.807, 2.05) is 24.3 Å². The van der Waals surface area contributed by atoms with Gasteiger partial charge in [-0.3, -0.25) is 9.78 Å². The molecule has 1 aromatic carbocycles. The lowest BCUT2D eigenvalue weighted by atomic mass is 10.2. The molecular formula is C25H29ClN6O3S. The number of nitrogens with zero attached hydrogens (tertiary/aromatic N) is 5. The lowest BCUT2D eigenvalue weighted by Crippen LogP contribution is -2.46. The van der Waals surface area contributed by atoms with Crippen LogP contribution < -0.4 is 15.1 Å². The fraction of sp³-hybridized carbons (Fsp3) is 0.320. The van der Waals surface area contributed by atoms with Crippen LogP contribution in [-0.4, -0.2) is 68.4 Å². The summed E-state index contributed by atoms with van der Waals surface area (Å²) in [6.07, 6.45) is 5.23. The predicted octanol–water partition coefficient (Wildman–Crippen LogP) is 3.41. The van der Waals surface area contributed by atoms with E-state index in [2.05, 4.69) is 25.1 Å². The van der Waals surface area contributed by atoms with Gasteiger partial charge in [-0.25, -0.2) is 17.7 Å². The Morgan fingerprint density at radius 1 is 1.06 bits per heavy atom. The summed E-state index contributed by atoms with van der Waals surface area (Å²) < 4.78 is 26.9. The van der Waals surface area contributed by atoms with Crippen LogP contribution in [-0.2, 0) is 14.8 Å². The third kappa shape index (κ3) is 5.95. The highest BCUT2D eigenvalue weighted by Gasteiger charge is 2.24. The molecule has 4 rings (SSSR count). The van der Waals surface area contributed by atoms with Crippen molar-refractivity contribution >= 4 is 44.7 Å². The lowest BCUT2D eigenvalue weighted by Gasteiger charge is -2.36. The Morgan fingerprint density at radius 3 is 2.42 bits per heavy atom. The molecule has 1 N–H and O–H groups in total. The number of carbonyl (C=O) groups is 1. The van der Waals surface area contributed by atoms with Crippen molar-refractivity contribution in [2.45, 2.75) is 18.2 Å². The van der Waals surface area contributed by atoms with Crippen LogP contribution in [0.3, 0.4) is 0 Å². The van der Waals surface area contributed by atoms with Gasteiger partial charge in [-0.2, -0.15) is 0 Å². The van der Waals surface area contributed by atoms with Crippen LogP contribution in [0.5, 0.6) is 0 Å². The first-order chi connectivity index (χ1) is 17.3. The van der Waals surface area contributed by atoms with Gasteiger partial charge in [0.25, 0.3) is 0 Å². The van der Waals surface area contributed by atoms with E-state index < -0.39 is 10.0 Å². The van der Waals surface area contributed by atoms with E-state index in [0.717, 1.165) is 42.0 Å². The monoisotopic (exact) mass is 528 g/mol. The van der Waals surface area contributed by atoms with Crippen LogP contribution in [0.1, 0.15) is 12.0 Å². The molecule has 0 spiro atoms. The number of sulfonamides is 1. The molecule has 1 aliphatic heterocycles. The van der Waals surface area contributed by atoms with Crippen molar-refractivity contribution in [3.8, 4) is 0 Å². The fourth-order valence-corrected chi connectivity index (χ4v) is 5.68. The third-order valence-corrected chi connectivity index (χ3v) is 8.63. The van der Waals surface area contributed by atoms with E-state index >= 15 is 0 Å². The number of rotatable bonds is 8. The second-order valence-electron chi connectivity index (χ2n) is 8.57. The summed E-state index contributed by atoms with van der Waals surface area (Å²) in [5, 5.41) is 3.17. The van der Waals surface area contributed by atoms with Gasteiger partial charge in [0.05, 0.1) is 16.8 Å². The molecule has 190 valence electrons. The van der Waals surface area contributed by atoms with Crippen molar-refractivity contribution in [3.63, 3.8) is 0 Å². The summed E-state index contributed by atoms with van der Waals surface area (Å²) in [6, 6.07) is 12.5. The Morgan fingerprint density at radius 2 is 1.75 bits per heavy atom. The number of anilines is 3. The highest BCUT2D eigenvalue weighted by atomic mass is 35.5. The van der Waals surface area contributed by atoms with Crippen molar-refractivity contribution < 1.29 is 13.2 Å². The minimum atomic E-state index is -3.76. The second kappa shape index (κ2) is 11.2. The zero-order chi connectivity index (χ0) is 25.7. The minimum absolute atomic E-state index is 0.00800. The molecule has 2 aromatic heterocycles. The SMILES string of the molecule is Cc1c(Cl)cccc1S(=O)(=O)N(C)CCC(=O)Nc1ccc(N2CCN(c3ccncc3)CC2)nc1. The maximum absolute atomic E-state index is 12.9. The molecule has 1 aliphatic rings. The van der Waals surface area contributed by atoms with Crippen molar-refractivity contribution in [1.82, 2.24) is 14.3 Å². The number of carbonyl (C=O) groups excluding carboxylic acids is 1. The number of pyridine rings is 2. The van der Waals surface area contributed by atoms with E-state index in [4.69, 9.17) is 11.6 Å². The Balaban J connectivity index is 1.27. The zero-order valence-electron chi connectivity index (χ0n) is 20.3. The van der Waals surface area contributed by atoms with E-state index in [9.17, 15) is 13.2 Å². The quantitative estimate of drug-likeness (QED) is 0.478. The summed E-state index contributed by atoms with van der Waals surface area (Å²) in [5.41, 5.74) is 2.22. The molecular weight excluding hydrogens is 500 g/mol. The number of hydrogen-bond donors (Lipinski definition) is 1. The Hall–Kier alpha value is -3.21. The van der Waals surface area contributed by atoms with Crippen molar-refractivity contribution in [2.75, 3.05) is 54.9 Å². The number of amides is 1. The van der Waals surface area contributed by atoms with Gasteiger partial charge in [-0.05, 0) is 48.9 Å². The molecule has 0 radical (unpaired) electrons. The number of halogens is 1. The first kappa shape index (κ1) is 25.9. The Bertz CT molecular complexity index is 1300. The maximum atomic E-state index is 12.9. The fourth-order valence-electron chi connectivity index (χ4n) is 4.03. The highest BCUT2D eigenvalue weighted by molar-refractivity contribution is 7.89. The number of benzene rings is 1. The van der Waals surface area contributed by atoms with Gasteiger partial charge in [0.15, 0.2) is 0 Å². The number of piperazine rings is 1. The number of hydrogen-bond acceptors (Lipinski definition) is 7. The molecule has 36 heavy (non-hydrogen) atoms. The summed E-state index contributed by atoms with van der Waals surface area (Å²) in [6.45, 7) is 5.15. The summed E-state index contributed by atoms with van der Waals surface area (Å²) in [5.74, 6) is 0.561. The molecule has 3 heterocycles. The van der Waals surface area contributed by atoms with Gasteiger partial charge >= 0.3 is 0 Å². The first-order valence-electron chi connectivity index (χ1n) is 11.6. The van der Waals surface area contributed by atoms with E-state index in [0.29, 0.717) is 16.3 Å². The predicted molar refractivity (Wildman–Crippen MR) is 142 cm³/mol. The van der Waals surface area contributed by atoms with Crippen LogP contribution in [0.4, 0.5) is 17.2 Å². The first-order valence-corrected chi connectivity index (χ1v) is 13.4. The van der Waals surface area contributed by atoms with Gasteiger partial charge in [-0.1, -0.05) is 17.7 Å². The van der Waals surface area contributed by atoms with Crippen LogP contribution in [0, 0.1) is 6.92 Å². The van der Waals surface area contributed by atoms with Crippen LogP contribution in [0.25, 0.3) is 0 Å². The summed E-state index contributed by atoms with van der Waals surface area (Å²) >= 11 is 6.07. The topological polar surface area (TPSA) is 98.7 Å². The van der Waals surface area contributed by atoms with Gasteiger partial charge in [0.2, 0.25) is 15.9 Å². The molecule has 1 amide bonds. The average Bonchev–Trinajstić information content (AvgIpc) is 2.90. The Labute approximate surface area is 216 Å². The van der Waals surface area contributed by atoms with E-state index in [1.165, 1.54) is 13.1 Å². The van der Waals surface area contributed by atoms with Crippen LogP contribution in [0.2, 0.25) is 5.02 Å². The largest absolute Gasteiger partial charge is 0.368 e. The molecule has 0 saturated carbocycles. The molecule has 0 aliphatic carbocycles. The standard InChI is InChI=1S/C25H29ClN6O3S/c1-19-22(26)4-3-5-23(19)36(34,35)30(2)13-10-25(33)29-20-6-7-24(28-18-20)32-16-14-31(15-17-32)21-8-11-27-12-9-21/h3-9,11-12,18H,10,13-17H2,1-2H3,(H,29,33). The molecule has 0 atom stereocenters.